The van der Waals surface area contributed by atoms with Crippen LogP contribution >= 0.6 is 12.2 Å². The summed E-state index contributed by atoms with van der Waals surface area (Å²) in [4.78, 5) is 26.4. The van der Waals surface area contributed by atoms with Crippen molar-refractivity contribution in [3.63, 3.8) is 0 Å². The van der Waals surface area contributed by atoms with Gasteiger partial charge in [0.15, 0.2) is 12.4 Å². The minimum Gasteiger partial charge on any atom is -0.482 e. The Kier molecular flexibility index (Phi) is 6.31. The van der Waals surface area contributed by atoms with Gasteiger partial charge >= 0.3 is 5.97 Å². The fourth-order valence-corrected chi connectivity index (χ4v) is 2.99. The number of rotatable bonds is 6. The number of hydrogen-bond acceptors (Lipinski definition) is 6. The highest BCUT2D eigenvalue weighted by Crippen LogP contribution is 2.25. The van der Waals surface area contributed by atoms with Crippen LogP contribution in [0.15, 0.2) is 52.9 Å². The monoisotopic (exact) mass is 440 g/mol. The number of nitrogens with zero attached hydrogens (tertiary/aromatic N) is 1. The molecule has 0 fully saturated rings. The number of furan rings is 1. The number of fused-ring (bicyclic) bond motifs is 1. The van der Waals surface area contributed by atoms with E-state index in [1.165, 1.54) is 4.90 Å². The molecule has 31 heavy (non-hydrogen) atoms. The topological polar surface area (TPSA) is 95.0 Å². The molecule has 0 atom stereocenters. The van der Waals surface area contributed by atoms with Crippen LogP contribution in [0.4, 0.5) is 5.69 Å². The number of amides is 1. The molecule has 2 N–H and O–H groups in total. The van der Waals surface area contributed by atoms with Gasteiger partial charge in [-0.15, -0.1) is 0 Å². The largest absolute Gasteiger partial charge is 0.482 e. The van der Waals surface area contributed by atoms with Crippen molar-refractivity contribution in [2.24, 2.45) is 5.73 Å². The number of esters is 1. The van der Waals surface area contributed by atoms with Crippen LogP contribution < -0.4 is 15.4 Å². The highest BCUT2D eigenvalue weighted by Gasteiger charge is 2.19. The molecule has 0 saturated heterocycles. The van der Waals surface area contributed by atoms with Gasteiger partial charge in [-0.05, 0) is 69.3 Å². The number of benzene rings is 2. The number of ether oxygens (including phenoxy) is 2. The number of carbonyl (C=O) groups excluding carboxylic acids is 2. The van der Waals surface area contributed by atoms with Crippen molar-refractivity contribution in [2.75, 3.05) is 18.6 Å². The van der Waals surface area contributed by atoms with E-state index in [2.05, 4.69) is 0 Å². The second-order valence-electron chi connectivity index (χ2n) is 7.96. The van der Waals surface area contributed by atoms with Gasteiger partial charge in [0, 0.05) is 23.7 Å². The van der Waals surface area contributed by atoms with E-state index in [4.69, 9.17) is 31.8 Å². The zero-order valence-electron chi connectivity index (χ0n) is 17.8. The zero-order valence-corrected chi connectivity index (χ0v) is 18.6. The first-order valence-corrected chi connectivity index (χ1v) is 10.0. The molecule has 0 saturated carbocycles. The predicted molar refractivity (Wildman–Crippen MR) is 123 cm³/mol. The maximum Gasteiger partial charge on any atom is 0.344 e. The Morgan fingerprint density at radius 2 is 1.77 bits per heavy atom. The lowest BCUT2D eigenvalue weighted by molar-refractivity contribution is -0.157. The molecule has 0 spiro atoms. The molecule has 1 aromatic heterocycles. The van der Waals surface area contributed by atoms with Gasteiger partial charge in [-0.25, -0.2) is 4.79 Å². The molecule has 2 aromatic carbocycles. The predicted octanol–water partition coefficient (Wildman–Crippen LogP) is 4.06. The van der Waals surface area contributed by atoms with Crippen molar-refractivity contribution in [1.82, 2.24) is 0 Å². The van der Waals surface area contributed by atoms with E-state index in [1.54, 1.807) is 76.3 Å². The van der Waals surface area contributed by atoms with Gasteiger partial charge in [-0.1, -0.05) is 12.2 Å². The van der Waals surface area contributed by atoms with Crippen LogP contribution in [-0.4, -0.2) is 36.1 Å². The highest BCUT2D eigenvalue weighted by molar-refractivity contribution is 7.80. The lowest BCUT2D eigenvalue weighted by Crippen LogP contribution is -2.27. The van der Waals surface area contributed by atoms with Crippen molar-refractivity contribution in [1.29, 1.82) is 0 Å². The van der Waals surface area contributed by atoms with Crippen LogP contribution in [0.2, 0.25) is 0 Å². The summed E-state index contributed by atoms with van der Waals surface area (Å²) in [6, 6.07) is 13.7. The van der Waals surface area contributed by atoms with Crippen molar-refractivity contribution in [2.45, 2.75) is 26.4 Å². The molecule has 162 valence electrons. The fourth-order valence-electron chi connectivity index (χ4n) is 2.86. The van der Waals surface area contributed by atoms with Crippen LogP contribution in [0.25, 0.3) is 11.0 Å². The fraction of sp³-hybridized carbons (Fsp3) is 0.261. The first-order valence-electron chi connectivity index (χ1n) is 9.60. The summed E-state index contributed by atoms with van der Waals surface area (Å²) in [5.74, 6) is -0.0740. The molecular weight excluding hydrogens is 416 g/mol. The lowest BCUT2D eigenvalue weighted by Gasteiger charge is -2.19. The second-order valence-corrected chi connectivity index (χ2v) is 8.40. The van der Waals surface area contributed by atoms with Crippen LogP contribution in [0, 0.1) is 0 Å². The number of nitrogens with two attached hydrogens (primary N) is 1. The second kappa shape index (κ2) is 8.77. The minimum atomic E-state index is -0.568. The third-order valence-corrected chi connectivity index (χ3v) is 4.55. The van der Waals surface area contributed by atoms with E-state index in [-0.39, 0.29) is 23.3 Å². The van der Waals surface area contributed by atoms with Gasteiger partial charge < -0.3 is 24.5 Å². The molecule has 0 radical (unpaired) electrons. The molecule has 3 rings (SSSR count). The van der Waals surface area contributed by atoms with E-state index in [1.807, 2.05) is 0 Å². The van der Waals surface area contributed by atoms with Crippen LogP contribution in [0.3, 0.4) is 0 Å². The highest BCUT2D eigenvalue weighted by atomic mass is 32.1. The summed E-state index contributed by atoms with van der Waals surface area (Å²) in [7, 11) is 1.65. The number of hydrogen-bond donors (Lipinski definition) is 1. The van der Waals surface area contributed by atoms with Gasteiger partial charge in [0.1, 0.15) is 21.9 Å². The molecule has 1 amide bonds. The van der Waals surface area contributed by atoms with Crippen molar-refractivity contribution < 1.29 is 23.5 Å². The summed E-state index contributed by atoms with van der Waals surface area (Å²) in [5, 5.41) is 0.743. The SMILES string of the molecule is CN(C(=O)c1cc2cc(C(N)=S)ccc2o1)c1ccc(OCC(=O)OC(C)(C)C)cc1. The maximum atomic E-state index is 12.9. The van der Waals surface area contributed by atoms with Crippen molar-refractivity contribution >= 4 is 45.7 Å². The Balaban J connectivity index is 1.67. The normalized spacial score (nSPS) is 11.2. The quantitative estimate of drug-likeness (QED) is 0.456. The molecule has 0 aliphatic carbocycles. The van der Waals surface area contributed by atoms with Gasteiger partial charge in [0.25, 0.3) is 5.91 Å². The third-order valence-electron chi connectivity index (χ3n) is 4.32. The van der Waals surface area contributed by atoms with Gasteiger partial charge in [0.05, 0.1) is 0 Å². The minimum absolute atomic E-state index is 0.196. The summed E-state index contributed by atoms with van der Waals surface area (Å²) < 4.78 is 16.3. The summed E-state index contributed by atoms with van der Waals surface area (Å²) in [6.07, 6.45) is 0. The zero-order chi connectivity index (χ0) is 22.8. The third kappa shape index (κ3) is 5.61. The Morgan fingerprint density at radius 3 is 2.39 bits per heavy atom. The standard InChI is InChI=1S/C23H24N2O5S/c1-23(2,3)30-20(26)13-28-17-8-6-16(7-9-17)25(4)22(27)19-12-15-11-14(21(24)31)5-10-18(15)29-19/h5-12H,13H2,1-4H3,(H2,24,31). The Morgan fingerprint density at radius 1 is 1.10 bits per heavy atom. The van der Waals surface area contributed by atoms with Gasteiger partial charge in [-0.2, -0.15) is 0 Å². The number of carbonyl (C=O) groups is 2. The smallest absolute Gasteiger partial charge is 0.344 e. The summed E-state index contributed by atoms with van der Waals surface area (Å²) in [6.45, 7) is 5.18. The average molecular weight is 441 g/mol. The molecule has 0 aliphatic rings. The van der Waals surface area contributed by atoms with E-state index in [9.17, 15) is 9.59 Å². The van der Waals surface area contributed by atoms with E-state index < -0.39 is 11.6 Å². The number of thiocarbonyl (C=S) groups is 1. The summed E-state index contributed by atoms with van der Waals surface area (Å²) >= 11 is 4.99. The first kappa shape index (κ1) is 22.3. The van der Waals surface area contributed by atoms with E-state index in [0.29, 0.717) is 22.6 Å². The Hall–Kier alpha value is -3.39. The Bertz CT molecular complexity index is 1130. The molecule has 0 bridgehead atoms. The van der Waals surface area contributed by atoms with Gasteiger partial charge in [-0.3, -0.25) is 4.79 Å². The average Bonchev–Trinajstić information content (AvgIpc) is 3.13. The van der Waals surface area contributed by atoms with Crippen LogP contribution in [0.5, 0.6) is 5.75 Å². The molecular formula is C23H24N2O5S. The first-order chi connectivity index (χ1) is 14.5. The molecule has 0 aliphatic heterocycles. The molecule has 3 aromatic rings. The maximum absolute atomic E-state index is 12.9. The van der Waals surface area contributed by atoms with Crippen LogP contribution in [0.1, 0.15) is 36.9 Å². The Labute approximate surface area is 185 Å². The van der Waals surface area contributed by atoms with Gasteiger partial charge in [0.2, 0.25) is 0 Å². The lowest BCUT2D eigenvalue weighted by atomic mass is 10.1. The van der Waals surface area contributed by atoms with Crippen molar-refractivity contribution in [3.8, 4) is 5.75 Å². The van der Waals surface area contributed by atoms with Crippen molar-refractivity contribution in [3.05, 3.63) is 59.9 Å². The van der Waals surface area contributed by atoms with E-state index in [0.717, 1.165) is 5.39 Å². The molecule has 0 unspecified atom stereocenters. The molecule has 1 heterocycles. The molecule has 7 nitrogen and oxygen atoms in total. The number of anilines is 1. The van der Waals surface area contributed by atoms with E-state index >= 15 is 0 Å². The summed E-state index contributed by atoms with van der Waals surface area (Å²) in [5.41, 5.74) is 7.01. The molecule has 8 heteroatoms. The van der Waals surface area contributed by atoms with Crippen LogP contribution in [-0.2, 0) is 9.53 Å².